The molecule has 6 rings (SSSR count). The molecule has 1 aliphatic heterocycles. The van der Waals surface area contributed by atoms with Crippen molar-refractivity contribution in [2.45, 2.75) is 142 Å². The third-order valence-corrected chi connectivity index (χ3v) is 13.9. The SMILES string of the molecule is CC(C)(O)[C@@H]1CC[C@](C)([C@H]2[C@@H](O)C[C@@]3(C)[C@@H]4CC[C@H]5C(C)(C)[C@@H](O)CC[C@@]56C[C@@]46C[C@H](O)[C@]23C)O1. The van der Waals surface area contributed by atoms with Gasteiger partial charge in [-0.2, -0.15) is 0 Å². The van der Waals surface area contributed by atoms with Gasteiger partial charge >= 0.3 is 0 Å². The quantitative estimate of drug-likeness (QED) is 0.460. The van der Waals surface area contributed by atoms with E-state index >= 15 is 0 Å². The van der Waals surface area contributed by atoms with E-state index in [0.29, 0.717) is 11.8 Å². The fourth-order valence-electron chi connectivity index (χ4n) is 12.1. The highest BCUT2D eigenvalue weighted by Gasteiger charge is 2.85. The first-order valence-electron chi connectivity index (χ1n) is 14.4. The second kappa shape index (κ2) is 6.86. The van der Waals surface area contributed by atoms with Crippen LogP contribution in [0.15, 0.2) is 0 Å². The normalized spacial score (nSPS) is 60.9. The summed E-state index contributed by atoms with van der Waals surface area (Å²) in [6.45, 7) is 14.9. The molecule has 6 fully saturated rings. The van der Waals surface area contributed by atoms with Crippen LogP contribution in [0, 0.1) is 44.8 Å². The summed E-state index contributed by atoms with van der Waals surface area (Å²) < 4.78 is 6.62. The van der Waals surface area contributed by atoms with Gasteiger partial charge in [0.15, 0.2) is 0 Å². The summed E-state index contributed by atoms with van der Waals surface area (Å²) in [4.78, 5) is 0. The number of ether oxygens (including phenoxy) is 1. The van der Waals surface area contributed by atoms with Crippen molar-refractivity contribution in [1.82, 2.24) is 0 Å². The van der Waals surface area contributed by atoms with Crippen LogP contribution in [0.4, 0.5) is 0 Å². The lowest BCUT2D eigenvalue weighted by molar-refractivity contribution is -0.231. The van der Waals surface area contributed by atoms with Gasteiger partial charge in [-0.3, -0.25) is 0 Å². The van der Waals surface area contributed by atoms with Crippen LogP contribution in [0.25, 0.3) is 0 Å². The first-order chi connectivity index (χ1) is 16.0. The summed E-state index contributed by atoms with van der Waals surface area (Å²) in [7, 11) is 0. The van der Waals surface area contributed by atoms with Crippen molar-refractivity contribution in [1.29, 1.82) is 0 Å². The Kier molecular flexibility index (Phi) is 4.92. The molecule has 12 atom stereocenters. The van der Waals surface area contributed by atoms with Crippen LogP contribution in [0.3, 0.4) is 0 Å². The van der Waals surface area contributed by atoms with Crippen molar-refractivity contribution in [2.75, 3.05) is 0 Å². The lowest BCUT2D eigenvalue weighted by Gasteiger charge is -2.65. The van der Waals surface area contributed by atoms with Crippen LogP contribution in [0.1, 0.15) is 106 Å². The van der Waals surface area contributed by atoms with E-state index in [2.05, 4.69) is 34.6 Å². The average molecular weight is 491 g/mol. The van der Waals surface area contributed by atoms with Gasteiger partial charge in [-0.1, -0.05) is 27.7 Å². The summed E-state index contributed by atoms with van der Waals surface area (Å²) in [5.74, 6) is 0.845. The minimum atomic E-state index is -0.919. The lowest BCUT2D eigenvalue weighted by atomic mass is 9.41. The van der Waals surface area contributed by atoms with E-state index in [1.165, 1.54) is 6.42 Å². The summed E-state index contributed by atoms with van der Waals surface area (Å²) in [5.41, 5.74) is -1.77. The van der Waals surface area contributed by atoms with Crippen molar-refractivity contribution >= 4 is 0 Å². The molecule has 200 valence electrons. The third-order valence-electron chi connectivity index (χ3n) is 13.9. The molecule has 6 aliphatic rings. The molecule has 5 nitrogen and oxygen atoms in total. The molecule has 5 heteroatoms. The van der Waals surface area contributed by atoms with Gasteiger partial charge in [-0.25, -0.2) is 0 Å². The van der Waals surface area contributed by atoms with Crippen LogP contribution in [-0.4, -0.2) is 56.0 Å². The van der Waals surface area contributed by atoms with E-state index in [1.807, 2.05) is 13.8 Å². The van der Waals surface area contributed by atoms with Crippen molar-refractivity contribution in [3.63, 3.8) is 0 Å². The van der Waals surface area contributed by atoms with Gasteiger partial charge in [0, 0.05) is 11.3 Å². The van der Waals surface area contributed by atoms with Gasteiger partial charge < -0.3 is 25.2 Å². The Balaban J connectivity index is 1.38. The highest BCUT2D eigenvalue weighted by atomic mass is 16.5. The topological polar surface area (TPSA) is 90.2 Å². The zero-order chi connectivity index (χ0) is 25.6. The highest BCUT2D eigenvalue weighted by molar-refractivity contribution is 5.33. The Morgan fingerprint density at radius 1 is 0.771 bits per heavy atom. The summed E-state index contributed by atoms with van der Waals surface area (Å²) in [6.07, 6.45) is 7.05. The van der Waals surface area contributed by atoms with Gasteiger partial charge in [-0.05, 0) is 112 Å². The molecular weight excluding hydrogens is 440 g/mol. The Bertz CT molecular complexity index is 911. The van der Waals surface area contributed by atoms with Gasteiger partial charge in [0.1, 0.15) is 0 Å². The number of aliphatic hydroxyl groups excluding tert-OH is 3. The molecule has 0 aromatic carbocycles. The molecule has 5 saturated carbocycles. The van der Waals surface area contributed by atoms with Gasteiger partial charge in [0.25, 0.3) is 0 Å². The Morgan fingerprint density at radius 2 is 1.43 bits per heavy atom. The molecule has 35 heavy (non-hydrogen) atoms. The number of hydrogen-bond donors (Lipinski definition) is 4. The monoisotopic (exact) mass is 490 g/mol. The molecule has 2 spiro atoms. The van der Waals surface area contributed by atoms with Crippen LogP contribution in [-0.2, 0) is 4.74 Å². The van der Waals surface area contributed by atoms with E-state index in [1.54, 1.807) is 0 Å². The minimum Gasteiger partial charge on any atom is -0.393 e. The van der Waals surface area contributed by atoms with Crippen LogP contribution < -0.4 is 0 Å². The minimum absolute atomic E-state index is 0.0751. The molecular formula is C30H50O5. The smallest absolute Gasteiger partial charge is 0.0865 e. The Labute approximate surface area is 212 Å². The van der Waals surface area contributed by atoms with E-state index in [4.69, 9.17) is 4.74 Å². The summed E-state index contributed by atoms with van der Waals surface area (Å²) in [5, 5.41) is 45.4. The molecule has 0 aromatic rings. The van der Waals surface area contributed by atoms with Crippen LogP contribution in [0.5, 0.6) is 0 Å². The highest BCUT2D eigenvalue weighted by Crippen LogP contribution is 2.89. The fourth-order valence-corrected chi connectivity index (χ4v) is 12.1. The predicted molar refractivity (Wildman–Crippen MR) is 134 cm³/mol. The lowest BCUT2D eigenvalue weighted by Crippen LogP contribution is -2.64. The second-order valence-corrected chi connectivity index (χ2v) is 15.8. The van der Waals surface area contributed by atoms with Crippen molar-refractivity contribution in [2.24, 2.45) is 44.8 Å². The third kappa shape index (κ3) is 2.73. The predicted octanol–water partition coefficient (Wildman–Crippen LogP) is 4.44. The molecule has 0 aromatic heterocycles. The largest absolute Gasteiger partial charge is 0.393 e. The maximum atomic E-state index is 12.1. The van der Waals surface area contributed by atoms with Gasteiger partial charge in [0.05, 0.1) is 35.6 Å². The van der Waals surface area contributed by atoms with E-state index in [-0.39, 0.29) is 39.8 Å². The zero-order valence-corrected chi connectivity index (χ0v) is 23.1. The van der Waals surface area contributed by atoms with Crippen molar-refractivity contribution < 1.29 is 25.2 Å². The molecule has 0 amide bonds. The maximum Gasteiger partial charge on any atom is 0.0865 e. The Hall–Kier alpha value is -0.200. The van der Waals surface area contributed by atoms with Crippen molar-refractivity contribution in [3.05, 3.63) is 0 Å². The molecule has 0 radical (unpaired) electrons. The molecule has 0 unspecified atom stereocenters. The first kappa shape index (κ1) is 25.1. The summed E-state index contributed by atoms with van der Waals surface area (Å²) in [6, 6.07) is 0. The number of aliphatic hydroxyl groups is 4. The van der Waals surface area contributed by atoms with Crippen molar-refractivity contribution in [3.8, 4) is 0 Å². The first-order valence-corrected chi connectivity index (χ1v) is 14.4. The summed E-state index contributed by atoms with van der Waals surface area (Å²) >= 11 is 0. The molecule has 5 aliphatic carbocycles. The number of fused-ring (bicyclic) bond motifs is 2. The zero-order valence-electron chi connectivity index (χ0n) is 23.1. The average Bonchev–Trinajstić information content (AvgIpc) is 3.09. The number of rotatable bonds is 2. The number of hydrogen-bond acceptors (Lipinski definition) is 5. The molecule has 0 bridgehead atoms. The second-order valence-electron chi connectivity index (χ2n) is 15.8. The van der Waals surface area contributed by atoms with Crippen LogP contribution >= 0.6 is 0 Å². The van der Waals surface area contributed by atoms with Crippen LogP contribution in [0.2, 0.25) is 0 Å². The maximum absolute atomic E-state index is 12.1. The standard InChI is InChI=1S/C30H50O5/c1-24(2)18-8-9-19-26(5)14-17(31)23(27(6)12-11-22(35-27)25(3,4)34)28(26,7)21(33)15-30(19)16-29(18,30)13-10-20(24)32/h17-23,31-34H,8-16H2,1-7H3/t17-,18-,19-,20-,21-,22-,23+,26-,27+,28+,29+,30-/m0/s1. The van der Waals surface area contributed by atoms with Gasteiger partial charge in [-0.15, -0.1) is 0 Å². The molecule has 4 N–H and O–H groups in total. The van der Waals surface area contributed by atoms with E-state index in [0.717, 1.165) is 51.4 Å². The molecule has 1 saturated heterocycles. The Morgan fingerprint density at radius 3 is 2.06 bits per heavy atom. The van der Waals surface area contributed by atoms with Gasteiger partial charge in [0.2, 0.25) is 0 Å². The molecule has 1 heterocycles. The fraction of sp³-hybridized carbons (Fsp3) is 1.00. The van der Waals surface area contributed by atoms with E-state index < -0.39 is 28.8 Å². The van der Waals surface area contributed by atoms with E-state index in [9.17, 15) is 20.4 Å².